The number of rotatable bonds is 4. The molecule has 3 rings (SSSR count). The summed E-state index contributed by atoms with van der Waals surface area (Å²) in [7, 11) is 0. The second kappa shape index (κ2) is 6.79. The third kappa shape index (κ3) is 3.39. The molecule has 0 bridgehead atoms. The summed E-state index contributed by atoms with van der Waals surface area (Å²) in [4.78, 5) is 17.9. The van der Waals surface area contributed by atoms with Crippen molar-refractivity contribution in [1.82, 2.24) is 5.32 Å². The van der Waals surface area contributed by atoms with Crippen LogP contribution in [0.2, 0.25) is 5.02 Å². The van der Waals surface area contributed by atoms with E-state index in [4.69, 9.17) is 11.6 Å². The Morgan fingerprint density at radius 1 is 1.18 bits per heavy atom. The van der Waals surface area contributed by atoms with Crippen molar-refractivity contribution < 1.29 is 9.78 Å². The van der Waals surface area contributed by atoms with Crippen molar-refractivity contribution >= 4 is 23.3 Å². The maximum Gasteiger partial charge on any atom is 0.287 e. The van der Waals surface area contributed by atoms with Gasteiger partial charge in [0.2, 0.25) is 0 Å². The number of amides is 1. The average molecular weight is 317 g/mol. The zero-order valence-electron chi connectivity index (χ0n) is 12.3. The number of carbonyl (C=O) groups excluding carboxylic acids is 1. The maximum atomic E-state index is 12.5. The molecule has 1 aliphatic heterocycles. The van der Waals surface area contributed by atoms with Crippen molar-refractivity contribution in [2.24, 2.45) is 0 Å². The Morgan fingerprint density at radius 3 is 2.64 bits per heavy atom. The van der Waals surface area contributed by atoms with E-state index in [1.165, 1.54) is 12.8 Å². The summed E-state index contributed by atoms with van der Waals surface area (Å²) in [6, 6.07) is 11.2. The Kier molecular flexibility index (Phi) is 4.59. The minimum absolute atomic E-state index is 0.0614. The number of hydrogen-bond donors (Lipinski definition) is 1. The van der Waals surface area contributed by atoms with E-state index in [1.807, 2.05) is 42.6 Å². The fourth-order valence-corrected chi connectivity index (χ4v) is 2.82. The molecule has 0 spiro atoms. The average Bonchev–Trinajstić information content (AvgIpc) is 3.08. The number of carbonyl (C=O) groups is 1. The van der Waals surface area contributed by atoms with Crippen LogP contribution in [0.3, 0.4) is 0 Å². The second-order valence-electron chi connectivity index (χ2n) is 5.44. The number of anilines is 1. The van der Waals surface area contributed by atoms with Gasteiger partial charge in [0.15, 0.2) is 0 Å². The van der Waals surface area contributed by atoms with E-state index in [0.717, 1.165) is 24.5 Å². The van der Waals surface area contributed by atoms with Gasteiger partial charge in [0.25, 0.3) is 11.7 Å². The first-order valence-corrected chi connectivity index (χ1v) is 7.90. The van der Waals surface area contributed by atoms with Crippen molar-refractivity contribution in [3.8, 4) is 0 Å². The fourth-order valence-electron chi connectivity index (χ4n) is 2.69. The predicted molar refractivity (Wildman–Crippen MR) is 87.1 cm³/mol. The molecule has 2 aromatic rings. The minimum Gasteiger partial charge on any atom is -0.348 e. The van der Waals surface area contributed by atoms with Crippen molar-refractivity contribution in [3.05, 3.63) is 58.7 Å². The van der Waals surface area contributed by atoms with E-state index in [1.54, 1.807) is 0 Å². The molecule has 0 aliphatic carbocycles. The summed E-state index contributed by atoms with van der Waals surface area (Å²) in [6.07, 6.45) is 4.22. The number of pyridine rings is 1. The van der Waals surface area contributed by atoms with Crippen LogP contribution in [0.4, 0.5) is 5.82 Å². The lowest BCUT2D eigenvalue weighted by Gasteiger charge is -2.12. The number of benzene rings is 1. The third-order valence-electron chi connectivity index (χ3n) is 3.87. The van der Waals surface area contributed by atoms with Crippen LogP contribution < -0.4 is 15.2 Å². The molecule has 1 aliphatic rings. The Balaban J connectivity index is 1.70. The van der Waals surface area contributed by atoms with E-state index in [2.05, 4.69) is 15.2 Å². The molecule has 4 nitrogen and oxygen atoms in total. The maximum absolute atomic E-state index is 12.5. The standard InChI is InChI=1S/C17H18ClN3O/c18-14-7-5-13(6-8-14)12-20-17(22)15-4-3-9-19-16(15)21-10-1-2-11-21/h3-9H,1-2,10-12H2,(H,20,22)/p+1. The molecule has 0 atom stereocenters. The van der Waals surface area contributed by atoms with E-state index in [-0.39, 0.29) is 5.91 Å². The highest BCUT2D eigenvalue weighted by Crippen LogP contribution is 2.19. The SMILES string of the molecule is O=C(NCc1ccc(Cl)cc1)c1ccc[nH+]c1N1CCCC1. The first-order valence-electron chi connectivity index (χ1n) is 7.52. The number of nitrogens with one attached hydrogen (secondary N) is 2. The van der Waals surface area contributed by atoms with Crippen LogP contribution in [0.5, 0.6) is 0 Å². The van der Waals surface area contributed by atoms with E-state index < -0.39 is 0 Å². The highest BCUT2D eigenvalue weighted by Gasteiger charge is 2.26. The zero-order chi connectivity index (χ0) is 15.4. The van der Waals surface area contributed by atoms with Crippen LogP contribution in [0.1, 0.15) is 28.8 Å². The van der Waals surface area contributed by atoms with Gasteiger partial charge in [0, 0.05) is 11.6 Å². The third-order valence-corrected chi connectivity index (χ3v) is 4.12. The van der Waals surface area contributed by atoms with Crippen LogP contribution in [0, 0.1) is 0 Å². The van der Waals surface area contributed by atoms with Crippen LogP contribution in [0.25, 0.3) is 0 Å². The van der Waals surface area contributed by atoms with Gasteiger partial charge in [-0.15, -0.1) is 0 Å². The van der Waals surface area contributed by atoms with Gasteiger partial charge in [-0.2, -0.15) is 0 Å². The predicted octanol–water partition coefficient (Wildman–Crippen LogP) is 2.68. The number of aromatic nitrogens is 1. The largest absolute Gasteiger partial charge is 0.348 e. The highest BCUT2D eigenvalue weighted by molar-refractivity contribution is 6.30. The Bertz CT molecular complexity index is 651. The number of halogens is 1. The summed E-state index contributed by atoms with van der Waals surface area (Å²) < 4.78 is 0. The quantitative estimate of drug-likeness (QED) is 0.942. The molecular formula is C17H19ClN3O+. The van der Waals surface area contributed by atoms with Crippen molar-refractivity contribution in [2.45, 2.75) is 19.4 Å². The summed E-state index contributed by atoms with van der Waals surface area (Å²) in [6.45, 7) is 2.49. The minimum atomic E-state index is -0.0614. The molecule has 1 saturated heterocycles. The first kappa shape index (κ1) is 14.9. The van der Waals surface area contributed by atoms with Gasteiger partial charge >= 0.3 is 0 Å². The van der Waals surface area contributed by atoms with Crippen LogP contribution in [0.15, 0.2) is 42.6 Å². The number of nitrogens with zero attached hydrogens (tertiary/aromatic N) is 1. The summed E-state index contributed by atoms with van der Waals surface area (Å²) in [5, 5.41) is 3.67. The topological polar surface area (TPSA) is 46.5 Å². The highest BCUT2D eigenvalue weighted by atomic mass is 35.5. The van der Waals surface area contributed by atoms with E-state index >= 15 is 0 Å². The molecular weight excluding hydrogens is 298 g/mol. The van der Waals surface area contributed by atoms with Gasteiger partial charge in [-0.1, -0.05) is 23.7 Å². The lowest BCUT2D eigenvalue weighted by Crippen LogP contribution is -2.32. The second-order valence-corrected chi connectivity index (χ2v) is 5.87. The van der Waals surface area contributed by atoms with Crippen molar-refractivity contribution in [1.29, 1.82) is 0 Å². The van der Waals surface area contributed by atoms with Crippen LogP contribution >= 0.6 is 11.6 Å². The molecule has 5 heteroatoms. The summed E-state index contributed by atoms with van der Waals surface area (Å²) in [5.74, 6) is 0.849. The van der Waals surface area contributed by atoms with Gasteiger partial charge in [0.05, 0.1) is 19.3 Å². The molecule has 0 unspecified atom stereocenters. The van der Waals surface area contributed by atoms with Gasteiger partial charge in [-0.25, -0.2) is 4.98 Å². The van der Waals surface area contributed by atoms with E-state index in [0.29, 0.717) is 17.1 Å². The first-order chi connectivity index (χ1) is 10.7. The molecule has 1 aromatic carbocycles. The van der Waals surface area contributed by atoms with E-state index in [9.17, 15) is 4.79 Å². The normalized spacial score (nSPS) is 14.1. The van der Waals surface area contributed by atoms with Gasteiger partial charge in [-0.3, -0.25) is 9.69 Å². The smallest absolute Gasteiger partial charge is 0.287 e. The van der Waals surface area contributed by atoms with Gasteiger partial charge in [-0.05, 0) is 42.7 Å². The molecule has 1 fully saturated rings. The molecule has 22 heavy (non-hydrogen) atoms. The molecule has 0 saturated carbocycles. The van der Waals surface area contributed by atoms with Crippen molar-refractivity contribution in [2.75, 3.05) is 18.0 Å². The number of H-pyrrole nitrogens is 1. The van der Waals surface area contributed by atoms with Crippen LogP contribution in [-0.4, -0.2) is 19.0 Å². The van der Waals surface area contributed by atoms with Gasteiger partial charge in [0.1, 0.15) is 5.56 Å². The van der Waals surface area contributed by atoms with Gasteiger partial charge < -0.3 is 5.32 Å². The Labute approximate surface area is 135 Å². The van der Waals surface area contributed by atoms with Crippen LogP contribution in [-0.2, 0) is 6.54 Å². The number of aromatic amines is 1. The van der Waals surface area contributed by atoms with Crippen molar-refractivity contribution in [3.63, 3.8) is 0 Å². The molecule has 114 valence electrons. The molecule has 0 radical (unpaired) electrons. The summed E-state index contributed by atoms with van der Waals surface area (Å²) >= 11 is 5.87. The lowest BCUT2D eigenvalue weighted by molar-refractivity contribution is -0.364. The summed E-state index contributed by atoms with van der Waals surface area (Å²) in [5.41, 5.74) is 1.72. The molecule has 2 N–H and O–H groups in total. The monoisotopic (exact) mass is 316 g/mol. The molecule has 1 aromatic heterocycles. The Morgan fingerprint density at radius 2 is 1.91 bits per heavy atom. The fraction of sp³-hybridized carbons (Fsp3) is 0.294. The lowest BCUT2D eigenvalue weighted by atomic mass is 10.2. The number of hydrogen-bond acceptors (Lipinski definition) is 2. The molecule has 2 heterocycles. The Hall–Kier alpha value is -2.07. The molecule has 1 amide bonds. The zero-order valence-corrected chi connectivity index (χ0v) is 13.1.